The molecular formula is C27H30ClF5N2O2. The molecule has 1 aliphatic rings. The number of methoxy groups -OCH3 is 1. The van der Waals surface area contributed by atoms with Crippen molar-refractivity contribution < 1.29 is 31.4 Å². The van der Waals surface area contributed by atoms with Crippen molar-refractivity contribution in [3.05, 3.63) is 58.5 Å². The number of allylic oxidation sites excluding steroid dienone is 1. The summed E-state index contributed by atoms with van der Waals surface area (Å²) in [5.41, 5.74) is 1.81. The van der Waals surface area contributed by atoms with Gasteiger partial charge in [-0.3, -0.25) is 4.98 Å². The minimum atomic E-state index is -4.45. The van der Waals surface area contributed by atoms with Crippen LogP contribution in [0.25, 0.3) is 5.57 Å². The fraction of sp³-hybridized carbons (Fsp3) is 0.481. The zero-order valence-electron chi connectivity index (χ0n) is 21.0. The number of nitrogens with zero attached hydrogens (tertiary/aromatic N) is 2. The topological polar surface area (TPSA) is 43.7 Å². The third kappa shape index (κ3) is 7.90. The van der Waals surface area contributed by atoms with E-state index in [-0.39, 0.29) is 25.4 Å². The van der Waals surface area contributed by atoms with Gasteiger partial charge in [-0.05, 0) is 67.5 Å². The molecule has 202 valence electrons. The molecule has 0 spiro atoms. The van der Waals surface area contributed by atoms with Gasteiger partial charge in [0.1, 0.15) is 11.8 Å². The molecule has 10 heteroatoms. The Balaban J connectivity index is 1.78. The number of hydrogen-bond acceptors (Lipinski definition) is 4. The van der Waals surface area contributed by atoms with Crippen LogP contribution in [0.2, 0.25) is 0 Å². The molecule has 3 rings (SSSR count). The lowest BCUT2D eigenvalue weighted by Crippen LogP contribution is -2.27. The molecule has 1 aromatic carbocycles. The minimum Gasteiger partial charge on any atom is -0.493 e. The number of pyridine rings is 1. The number of aliphatic imine (C=N–C) groups is 1. The summed E-state index contributed by atoms with van der Waals surface area (Å²) in [5.74, 6) is -1.83. The van der Waals surface area contributed by atoms with Gasteiger partial charge in [-0.15, -0.1) is 0 Å². The number of halogens is 6. The number of alkyl halides is 5. The molecule has 1 aromatic heterocycles. The average molecular weight is 545 g/mol. The van der Waals surface area contributed by atoms with Crippen molar-refractivity contribution in [2.45, 2.75) is 71.1 Å². The van der Waals surface area contributed by atoms with E-state index in [1.54, 1.807) is 18.2 Å². The van der Waals surface area contributed by atoms with Crippen molar-refractivity contribution in [1.29, 1.82) is 0 Å². The van der Waals surface area contributed by atoms with E-state index in [2.05, 4.69) is 9.98 Å². The van der Waals surface area contributed by atoms with E-state index < -0.39 is 17.7 Å². The molecule has 0 saturated heterocycles. The lowest BCUT2D eigenvalue weighted by atomic mass is 9.84. The van der Waals surface area contributed by atoms with Crippen LogP contribution >= 0.6 is 11.6 Å². The SMILES string of the molecule is CCC/C(=C(Cl)\N=C(/C)C1CCC(F)(F)CC1)c1ccc(OCc2ccc(C(F)(F)F)cn2)c(OC)c1. The Hall–Kier alpha value is -2.68. The predicted octanol–water partition coefficient (Wildman–Crippen LogP) is 8.68. The van der Waals surface area contributed by atoms with E-state index in [9.17, 15) is 22.0 Å². The van der Waals surface area contributed by atoms with Gasteiger partial charge in [0.25, 0.3) is 0 Å². The van der Waals surface area contributed by atoms with Gasteiger partial charge < -0.3 is 9.47 Å². The Morgan fingerprint density at radius 3 is 2.41 bits per heavy atom. The van der Waals surface area contributed by atoms with Crippen molar-refractivity contribution in [3.8, 4) is 11.5 Å². The number of benzene rings is 1. The molecule has 4 nitrogen and oxygen atoms in total. The highest BCUT2D eigenvalue weighted by atomic mass is 35.5. The molecule has 0 radical (unpaired) electrons. The zero-order valence-corrected chi connectivity index (χ0v) is 21.7. The quantitative estimate of drug-likeness (QED) is 0.180. The smallest absolute Gasteiger partial charge is 0.417 e. The Morgan fingerprint density at radius 1 is 1.14 bits per heavy atom. The largest absolute Gasteiger partial charge is 0.493 e. The second-order valence-electron chi connectivity index (χ2n) is 9.09. The molecule has 0 bridgehead atoms. The maximum Gasteiger partial charge on any atom is 0.417 e. The van der Waals surface area contributed by atoms with Crippen LogP contribution in [-0.4, -0.2) is 23.7 Å². The maximum absolute atomic E-state index is 13.5. The number of hydrogen-bond donors (Lipinski definition) is 0. The Labute approximate surface area is 218 Å². The summed E-state index contributed by atoms with van der Waals surface area (Å²) in [4.78, 5) is 8.39. The molecule has 1 heterocycles. The number of rotatable bonds is 9. The molecule has 2 aromatic rings. The van der Waals surface area contributed by atoms with Gasteiger partial charge in [-0.1, -0.05) is 31.0 Å². The van der Waals surface area contributed by atoms with E-state index in [1.807, 2.05) is 13.8 Å². The summed E-state index contributed by atoms with van der Waals surface area (Å²) in [6, 6.07) is 7.47. The van der Waals surface area contributed by atoms with Gasteiger partial charge in [0.2, 0.25) is 5.92 Å². The van der Waals surface area contributed by atoms with Crippen molar-refractivity contribution in [2.75, 3.05) is 7.11 Å². The minimum absolute atomic E-state index is 0.0274. The molecule has 0 amide bonds. The van der Waals surface area contributed by atoms with E-state index in [0.29, 0.717) is 41.6 Å². The van der Waals surface area contributed by atoms with Crippen molar-refractivity contribution >= 4 is 22.9 Å². The molecule has 0 unspecified atom stereocenters. The monoisotopic (exact) mass is 544 g/mol. The van der Waals surface area contributed by atoms with Crippen LogP contribution in [0.5, 0.6) is 11.5 Å². The third-order valence-corrected chi connectivity index (χ3v) is 6.68. The molecular weight excluding hydrogens is 515 g/mol. The lowest BCUT2D eigenvalue weighted by molar-refractivity contribution is -0.137. The Morgan fingerprint density at radius 2 is 1.84 bits per heavy atom. The summed E-state index contributed by atoms with van der Waals surface area (Å²) in [6.45, 7) is 3.79. The van der Waals surface area contributed by atoms with Crippen LogP contribution < -0.4 is 9.47 Å². The molecule has 0 aliphatic heterocycles. The van der Waals surface area contributed by atoms with Crippen molar-refractivity contribution in [3.63, 3.8) is 0 Å². The van der Waals surface area contributed by atoms with Crippen LogP contribution in [0.1, 0.15) is 69.2 Å². The number of ether oxygens (including phenoxy) is 2. The first-order valence-corrected chi connectivity index (χ1v) is 12.5. The predicted molar refractivity (Wildman–Crippen MR) is 134 cm³/mol. The maximum atomic E-state index is 13.5. The average Bonchev–Trinajstić information content (AvgIpc) is 2.85. The molecule has 0 N–H and O–H groups in total. The normalized spacial score (nSPS) is 17.4. The molecule has 37 heavy (non-hydrogen) atoms. The molecule has 1 saturated carbocycles. The van der Waals surface area contributed by atoms with Gasteiger partial charge in [0.15, 0.2) is 11.5 Å². The summed E-state index contributed by atoms with van der Waals surface area (Å²) in [7, 11) is 1.48. The third-order valence-electron chi connectivity index (χ3n) is 6.37. The van der Waals surface area contributed by atoms with Gasteiger partial charge in [0.05, 0.1) is 18.4 Å². The first kappa shape index (κ1) is 28.9. The van der Waals surface area contributed by atoms with Crippen LogP contribution in [0.3, 0.4) is 0 Å². The fourth-order valence-corrected chi connectivity index (χ4v) is 4.53. The van der Waals surface area contributed by atoms with Crippen molar-refractivity contribution in [2.24, 2.45) is 10.9 Å². The Bertz CT molecular complexity index is 1120. The highest BCUT2D eigenvalue weighted by Gasteiger charge is 2.35. The summed E-state index contributed by atoms with van der Waals surface area (Å²) in [5, 5.41) is 0.307. The lowest BCUT2D eigenvalue weighted by Gasteiger charge is -2.28. The van der Waals surface area contributed by atoms with Gasteiger partial charge in [0, 0.05) is 24.8 Å². The van der Waals surface area contributed by atoms with Gasteiger partial charge in [-0.25, -0.2) is 13.8 Å². The van der Waals surface area contributed by atoms with Crippen LogP contribution in [0.4, 0.5) is 22.0 Å². The molecule has 0 atom stereocenters. The second kappa shape index (κ2) is 12.2. The van der Waals surface area contributed by atoms with Gasteiger partial charge in [-0.2, -0.15) is 13.2 Å². The van der Waals surface area contributed by atoms with Crippen LogP contribution in [-0.2, 0) is 12.8 Å². The van der Waals surface area contributed by atoms with Crippen LogP contribution in [0, 0.1) is 5.92 Å². The Kier molecular flexibility index (Phi) is 9.56. The van der Waals surface area contributed by atoms with E-state index >= 15 is 0 Å². The fourth-order valence-electron chi connectivity index (χ4n) is 4.19. The van der Waals surface area contributed by atoms with Gasteiger partial charge >= 0.3 is 6.18 Å². The van der Waals surface area contributed by atoms with Crippen molar-refractivity contribution in [1.82, 2.24) is 4.98 Å². The standard InChI is InChI=1S/C27H30ClF5N2O2/c1-4-5-22(25(28)35-17(2)18-10-12-26(29,30)13-11-18)19-6-9-23(24(14-19)36-3)37-16-21-8-7-20(15-34-21)27(31,32)33/h6-9,14-15,18H,4-5,10-13,16H2,1-3H3/b25-22+,35-17+. The zero-order chi connectivity index (χ0) is 27.2. The van der Waals surface area contributed by atoms with Crippen LogP contribution in [0.15, 0.2) is 46.7 Å². The second-order valence-corrected chi connectivity index (χ2v) is 9.45. The number of aromatic nitrogens is 1. The molecule has 1 fully saturated rings. The molecule has 1 aliphatic carbocycles. The highest BCUT2D eigenvalue weighted by Crippen LogP contribution is 2.38. The van der Waals surface area contributed by atoms with E-state index in [4.69, 9.17) is 21.1 Å². The summed E-state index contributed by atoms with van der Waals surface area (Å²) in [6.07, 6.45) is -1.78. The van der Waals surface area contributed by atoms with E-state index in [1.165, 1.54) is 13.2 Å². The first-order valence-electron chi connectivity index (χ1n) is 12.1. The van der Waals surface area contributed by atoms with E-state index in [0.717, 1.165) is 35.5 Å². The highest BCUT2D eigenvalue weighted by molar-refractivity contribution is 6.33. The first-order chi connectivity index (χ1) is 17.4. The summed E-state index contributed by atoms with van der Waals surface area (Å²) < 4.78 is 76.5. The summed E-state index contributed by atoms with van der Waals surface area (Å²) >= 11 is 6.64.